The van der Waals surface area contributed by atoms with Crippen molar-refractivity contribution in [3.63, 3.8) is 0 Å². The van der Waals surface area contributed by atoms with Gasteiger partial charge in [0.1, 0.15) is 5.75 Å². The van der Waals surface area contributed by atoms with Gasteiger partial charge in [0.2, 0.25) is 17.6 Å². The molecule has 0 fully saturated rings. The van der Waals surface area contributed by atoms with Crippen LogP contribution in [0.4, 0.5) is 5.69 Å². The maximum absolute atomic E-state index is 12.3. The lowest BCUT2D eigenvalue weighted by atomic mass is 10.1. The van der Waals surface area contributed by atoms with Gasteiger partial charge in [-0.3, -0.25) is 9.69 Å². The molecule has 2 aromatic carbocycles. The van der Waals surface area contributed by atoms with E-state index in [1.54, 1.807) is 30.1 Å². The first kappa shape index (κ1) is 19.9. The second-order valence-electron chi connectivity index (χ2n) is 6.45. The quantitative estimate of drug-likeness (QED) is 0.650. The molecule has 1 N–H and O–H groups in total. The Balaban J connectivity index is 1.59. The zero-order valence-electron chi connectivity index (χ0n) is 15.9. The van der Waals surface area contributed by atoms with E-state index in [9.17, 15) is 4.79 Å². The number of likely N-dealkylation sites (N-methyl/N-ethyl adjacent to an activating group) is 1. The molecule has 1 heterocycles. The predicted molar refractivity (Wildman–Crippen MR) is 107 cm³/mol. The minimum atomic E-state index is -0.207. The summed E-state index contributed by atoms with van der Waals surface area (Å²) in [5.41, 5.74) is 2.53. The van der Waals surface area contributed by atoms with Crippen LogP contribution in [0.3, 0.4) is 0 Å². The van der Waals surface area contributed by atoms with Crippen LogP contribution in [0.25, 0.3) is 11.4 Å². The molecule has 0 aliphatic carbocycles. The minimum absolute atomic E-state index is 0.137. The number of ether oxygens (including phenoxy) is 1. The number of rotatable bonds is 7. The molecule has 7 nitrogen and oxygen atoms in total. The Morgan fingerprint density at radius 1 is 1.29 bits per heavy atom. The van der Waals surface area contributed by atoms with Crippen molar-refractivity contribution >= 4 is 23.2 Å². The van der Waals surface area contributed by atoms with E-state index >= 15 is 0 Å². The van der Waals surface area contributed by atoms with Gasteiger partial charge in [-0.15, -0.1) is 0 Å². The lowest BCUT2D eigenvalue weighted by Crippen LogP contribution is -2.30. The van der Waals surface area contributed by atoms with Crippen molar-refractivity contribution in [3.8, 4) is 17.1 Å². The highest BCUT2D eigenvalue weighted by Crippen LogP contribution is 2.27. The van der Waals surface area contributed by atoms with E-state index in [2.05, 4.69) is 15.5 Å². The summed E-state index contributed by atoms with van der Waals surface area (Å²) in [6, 6.07) is 12.9. The molecule has 3 rings (SSSR count). The summed E-state index contributed by atoms with van der Waals surface area (Å²) in [6.07, 6.45) is 0. The first-order valence-electron chi connectivity index (χ1n) is 8.66. The zero-order chi connectivity index (χ0) is 20.1. The lowest BCUT2D eigenvalue weighted by Gasteiger charge is -2.15. The van der Waals surface area contributed by atoms with Gasteiger partial charge < -0.3 is 14.6 Å². The summed E-state index contributed by atoms with van der Waals surface area (Å²) >= 11 is 5.99. The summed E-state index contributed by atoms with van der Waals surface area (Å²) in [6.45, 7) is 2.49. The predicted octanol–water partition coefficient (Wildman–Crippen LogP) is 3.78. The number of aromatic nitrogens is 2. The van der Waals surface area contributed by atoms with Gasteiger partial charge >= 0.3 is 0 Å². The van der Waals surface area contributed by atoms with Gasteiger partial charge in [-0.1, -0.05) is 40.5 Å². The summed E-state index contributed by atoms with van der Waals surface area (Å²) in [7, 11) is 3.33. The van der Waals surface area contributed by atoms with Crippen LogP contribution < -0.4 is 10.1 Å². The van der Waals surface area contributed by atoms with Gasteiger partial charge in [-0.2, -0.15) is 4.98 Å². The monoisotopic (exact) mass is 400 g/mol. The molecule has 146 valence electrons. The topological polar surface area (TPSA) is 80.5 Å². The van der Waals surface area contributed by atoms with Gasteiger partial charge in [-0.25, -0.2) is 0 Å². The van der Waals surface area contributed by atoms with Crippen molar-refractivity contribution in [2.45, 2.75) is 13.5 Å². The number of nitrogens with zero attached hydrogens (tertiary/aromatic N) is 3. The highest BCUT2D eigenvalue weighted by atomic mass is 35.5. The van der Waals surface area contributed by atoms with E-state index in [0.29, 0.717) is 34.7 Å². The van der Waals surface area contributed by atoms with Gasteiger partial charge in [0.25, 0.3) is 0 Å². The third kappa shape index (κ3) is 5.09. The molecule has 0 bridgehead atoms. The second-order valence-corrected chi connectivity index (χ2v) is 6.88. The molecule has 28 heavy (non-hydrogen) atoms. The van der Waals surface area contributed by atoms with Crippen molar-refractivity contribution in [1.82, 2.24) is 15.0 Å². The normalized spacial score (nSPS) is 10.9. The number of carbonyl (C=O) groups is 1. The van der Waals surface area contributed by atoms with Gasteiger partial charge in [-0.05, 0) is 38.2 Å². The Kier molecular flexibility index (Phi) is 6.28. The van der Waals surface area contributed by atoms with E-state index in [4.69, 9.17) is 20.9 Å². The Bertz CT molecular complexity index is 974. The first-order valence-corrected chi connectivity index (χ1v) is 9.04. The van der Waals surface area contributed by atoms with Crippen molar-refractivity contribution in [2.24, 2.45) is 0 Å². The molecule has 3 aromatic rings. The SMILES string of the molecule is COc1ccc(Cl)cc1NC(=O)CN(C)Cc1nc(-c2cccc(C)c2)no1. The number of anilines is 1. The molecule has 1 aromatic heterocycles. The third-order valence-electron chi connectivity index (χ3n) is 4.00. The largest absolute Gasteiger partial charge is 0.495 e. The molecular weight excluding hydrogens is 380 g/mol. The van der Waals surface area contributed by atoms with Crippen molar-refractivity contribution in [3.05, 3.63) is 58.9 Å². The summed E-state index contributed by atoms with van der Waals surface area (Å²) < 4.78 is 10.5. The summed E-state index contributed by atoms with van der Waals surface area (Å²) in [4.78, 5) is 18.5. The molecule has 0 saturated heterocycles. The number of halogens is 1. The maximum Gasteiger partial charge on any atom is 0.241 e. The molecular formula is C20H21ClN4O3. The van der Waals surface area contributed by atoms with E-state index in [-0.39, 0.29) is 12.5 Å². The first-order chi connectivity index (χ1) is 13.4. The minimum Gasteiger partial charge on any atom is -0.495 e. The number of benzene rings is 2. The number of hydrogen-bond donors (Lipinski definition) is 1. The van der Waals surface area contributed by atoms with E-state index in [1.807, 2.05) is 31.2 Å². The van der Waals surface area contributed by atoms with Crippen LogP contribution in [0.15, 0.2) is 47.0 Å². The van der Waals surface area contributed by atoms with E-state index < -0.39 is 0 Å². The van der Waals surface area contributed by atoms with Crippen molar-refractivity contribution < 1.29 is 14.1 Å². The average molecular weight is 401 g/mol. The molecule has 0 aliphatic rings. The molecule has 8 heteroatoms. The van der Waals surface area contributed by atoms with Crippen LogP contribution in [-0.4, -0.2) is 41.6 Å². The average Bonchev–Trinajstić information content (AvgIpc) is 3.10. The fourth-order valence-electron chi connectivity index (χ4n) is 2.72. The number of carbonyl (C=O) groups excluding carboxylic acids is 1. The Labute approximate surface area is 168 Å². The van der Waals surface area contributed by atoms with Crippen LogP contribution in [0.1, 0.15) is 11.5 Å². The Hall–Kier alpha value is -2.90. The molecule has 1 amide bonds. The standard InChI is InChI=1S/C20H21ClN4O3/c1-13-5-4-6-14(9-13)20-23-19(28-24-20)12-25(2)11-18(26)22-16-10-15(21)7-8-17(16)27-3/h4-10H,11-12H2,1-3H3,(H,22,26). The van der Waals surface area contributed by atoms with Crippen LogP contribution in [-0.2, 0) is 11.3 Å². The van der Waals surface area contributed by atoms with Gasteiger partial charge in [0.05, 0.1) is 25.9 Å². The maximum atomic E-state index is 12.3. The Morgan fingerprint density at radius 3 is 2.86 bits per heavy atom. The molecule has 0 aliphatic heterocycles. The fourth-order valence-corrected chi connectivity index (χ4v) is 2.89. The van der Waals surface area contributed by atoms with Crippen molar-refractivity contribution in [1.29, 1.82) is 0 Å². The highest BCUT2D eigenvalue weighted by molar-refractivity contribution is 6.31. The second kappa shape index (κ2) is 8.86. The smallest absolute Gasteiger partial charge is 0.241 e. The Morgan fingerprint density at radius 2 is 2.11 bits per heavy atom. The zero-order valence-corrected chi connectivity index (χ0v) is 16.7. The summed E-state index contributed by atoms with van der Waals surface area (Å²) in [5, 5.41) is 7.33. The highest BCUT2D eigenvalue weighted by Gasteiger charge is 2.14. The summed E-state index contributed by atoms with van der Waals surface area (Å²) in [5.74, 6) is 1.30. The molecule has 0 saturated carbocycles. The van der Waals surface area contributed by atoms with E-state index in [0.717, 1.165) is 11.1 Å². The van der Waals surface area contributed by atoms with Crippen molar-refractivity contribution in [2.75, 3.05) is 26.0 Å². The van der Waals surface area contributed by atoms with Gasteiger partial charge in [0.15, 0.2) is 0 Å². The van der Waals surface area contributed by atoms with Crippen LogP contribution >= 0.6 is 11.6 Å². The molecule has 0 radical (unpaired) electrons. The van der Waals surface area contributed by atoms with E-state index in [1.165, 1.54) is 7.11 Å². The van der Waals surface area contributed by atoms with Crippen LogP contribution in [0.5, 0.6) is 5.75 Å². The third-order valence-corrected chi connectivity index (χ3v) is 4.23. The number of methoxy groups -OCH3 is 1. The van der Waals surface area contributed by atoms with Crippen LogP contribution in [0.2, 0.25) is 5.02 Å². The number of hydrogen-bond acceptors (Lipinski definition) is 6. The molecule has 0 spiro atoms. The molecule has 0 atom stereocenters. The molecule has 0 unspecified atom stereocenters. The number of nitrogens with one attached hydrogen (secondary N) is 1. The van der Waals surface area contributed by atoms with Crippen LogP contribution in [0, 0.1) is 6.92 Å². The number of aryl methyl sites for hydroxylation is 1. The van der Waals surface area contributed by atoms with Gasteiger partial charge in [0, 0.05) is 10.6 Å². The fraction of sp³-hybridized carbons (Fsp3) is 0.250. The number of amides is 1. The lowest BCUT2D eigenvalue weighted by molar-refractivity contribution is -0.117.